The van der Waals surface area contributed by atoms with E-state index in [4.69, 9.17) is 16.3 Å². The number of sulfone groups is 1. The summed E-state index contributed by atoms with van der Waals surface area (Å²) in [4.78, 5) is 11.5. The van der Waals surface area contributed by atoms with Gasteiger partial charge in [0, 0.05) is 0 Å². The molecule has 0 spiro atoms. The maximum Gasteiger partial charge on any atom is 0.229 e. The predicted molar refractivity (Wildman–Crippen MR) is 154 cm³/mol. The van der Waals surface area contributed by atoms with Crippen LogP contribution in [0.5, 0.6) is 5.75 Å². The lowest BCUT2D eigenvalue weighted by molar-refractivity contribution is 0.254. The van der Waals surface area contributed by atoms with Gasteiger partial charge in [-0.25, -0.2) is 13.4 Å². The minimum atomic E-state index is -3.52. The third-order valence-corrected chi connectivity index (χ3v) is 9.37. The van der Waals surface area contributed by atoms with Gasteiger partial charge in [0.2, 0.25) is 5.95 Å². The van der Waals surface area contributed by atoms with E-state index in [9.17, 15) is 8.42 Å². The Morgan fingerprint density at radius 2 is 1.84 bits per heavy atom. The Kier molecular flexibility index (Phi) is 8.80. The number of aryl methyl sites for hydroxylation is 1. The molecule has 2 N–H and O–H groups in total. The van der Waals surface area contributed by atoms with E-state index >= 15 is 0 Å². The molecule has 38 heavy (non-hydrogen) atoms. The van der Waals surface area contributed by atoms with Crippen molar-refractivity contribution in [2.45, 2.75) is 56.6 Å². The molecule has 4 rings (SSSR count). The van der Waals surface area contributed by atoms with E-state index in [2.05, 4.69) is 51.6 Å². The second kappa shape index (κ2) is 11.9. The van der Waals surface area contributed by atoms with Crippen LogP contribution in [-0.2, 0) is 9.84 Å². The Morgan fingerprint density at radius 3 is 2.53 bits per heavy atom. The number of nitrogens with zero attached hydrogens (tertiary/aromatic N) is 3. The molecule has 0 bridgehead atoms. The standard InChI is InChI=1S/C28H36ClN5O3S/c1-6-37-25-16-21(20-11-13-34(5)14-12-20)19(4)15-24(25)32-28-30-17-22(29)27(33-28)31-23-9-7-8-10-26(23)38(35,36)18(2)3/h7-10,15-18,20H,6,11-14H2,1-5H3,(H2,30,31,32,33). The van der Waals surface area contributed by atoms with Crippen LogP contribution in [0.15, 0.2) is 47.5 Å². The summed E-state index contributed by atoms with van der Waals surface area (Å²) in [7, 11) is -1.35. The van der Waals surface area contributed by atoms with Crippen LogP contribution in [0.4, 0.5) is 23.1 Å². The van der Waals surface area contributed by atoms with Gasteiger partial charge in [-0.05, 0) is 102 Å². The van der Waals surface area contributed by atoms with E-state index in [1.54, 1.807) is 38.1 Å². The second-order valence-corrected chi connectivity index (χ2v) is 12.8. The number of likely N-dealkylation sites (tertiary alicyclic amines) is 1. The molecule has 2 heterocycles. The fourth-order valence-corrected chi connectivity index (χ4v) is 6.01. The van der Waals surface area contributed by atoms with Gasteiger partial charge in [0.25, 0.3) is 0 Å². The zero-order valence-electron chi connectivity index (χ0n) is 22.6. The second-order valence-electron chi connectivity index (χ2n) is 9.95. The van der Waals surface area contributed by atoms with E-state index in [1.807, 2.05) is 6.92 Å². The Labute approximate surface area is 230 Å². The number of rotatable bonds is 9. The van der Waals surface area contributed by atoms with Crippen molar-refractivity contribution in [2.24, 2.45) is 0 Å². The Hall–Kier alpha value is -2.88. The van der Waals surface area contributed by atoms with Crippen LogP contribution in [0.1, 0.15) is 50.7 Å². The van der Waals surface area contributed by atoms with Crippen molar-refractivity contribution in [3.05, 3.63) is 58.7 Å². The first kappa shape index (κ1) is 28.1. The van der Waals surface area contributed by atoms with Gasteiger partial charge in [-0.2, -0.15) is 4.98 Å². The SMILES string of the molecule is CCOc1cc(C2CCN(C)CC2)c(C)cc1Nc1ncc(Cl)c(Nc2ccccc2S(=O)(=O)C(C)C)n1. The summed E-state index contributed by atoms with van der Waals surface area (Å²) < 4.78 is 31.8. The minimum absolute atomic E-state index is 0.193. The van der Waals surface area contributed by atoms with Crippen LogP contribution in [0.25, 0.3) is 0 Å². The van der Waals surface area contributed by atoms with Crippen molar-refractivity contribution in [1.29, 1.82) is 0 Å². The summed E-state index contributed by atoms with van der Waals surface area (Å²) in [5.74, 6) is 1.86. The van der Waals surface area contributed by atoms with Gasteiger partial charge >= 0.3 is 0 Å². The van der Waals surface area contributed by atoms with Crippen LogP contribution in [0.3, 0.4) is 0 Å². The van der Waals surface area contributed by atoms with Crippen LogP contribution in [-0.4, -0.2) is 55.3 Å². The molecular weight excluding hydrogens is 522 g/mol. The monoisotopic (exact) mass is 557 g/mol. The molecule has 204 valence electrons. The molecule has 10 heteroatoms. The van der Waals surface area contributed by atoms with Gasteiger partial charge in [-0.1, -0.05) is 23.7 Å². The molecule has 0 unspecified atom stereocenters. The molecule has 2 aromatic carbocycles. The molecule has 0 radical (unpaired) electrons. The summed E-state index contributed by atoms with van der Waals surface area (Å²) in [5.41, 5.74) is 3.67. The summed E-state index contributed by atoms with van der Waals surface area (Å²) >= 11 is 6.41. The molecule has 0 amide bonds. The first-order chi connectivity index (χ1) is 18.1. The molecule has 0 saturated carbocycles. The number of hydrogen-bond acceptors (Lipinski definition) is 8. The smallest absolute Gasteiger partial charge is 0.229 e. The van der Waals surface area contributed by atoms with Crippen molar-refractivity contribution < 1.29 is 13.2 Å². The molecule has 1 aliphatic rings. The number of benzene rings is 2. The lowest BCUT2D eigenvalue weighted by Crippen LogP contribution is -2.29. The van der Waals surface area contributed by atoms with Crippen LogP contribution in [0, 0.1) is 6.92 Å². The zero-order chi connectivity index (χ0) is 27.4. The van der Waals surface area contributed by atoms with Crippen molar-refractivity contribution in [3.63, 3.8) is 0 Å². The highest BCUT2D eigenvalue weighted by Gasteiger charge is 2.24. The van der Waals surface area contributed by atoms with Gasteiger partial charge in [0.1, 0.15) is 10.8 Å². The van der Waals surface area contributed by atoms with Gasteiger partial charge in [-0.3, -0.25) is 0 Å². The van der Waals surface area contributed by atoms with Crippen molar-refractivity contribution >= 4 is 44.6 Å². The Morgan fingerprint density at radius 1 is 1.13 bits per heavy atom. The molecule has 8 nitrogen and oxygen atoms in total. The average molecular weight is 558 g/mol. The van der Waals surface area contributed by atoms with Gasteiger partial charge in [0.05, 0.1) is 34.3 Å². The minimum Gasteiger partial charge on any atom is -0.492 e. The Balaban J connectivity index is 1.63. The van der Waals surface area contributed by atoms with E-state index in [-0.39, 0.29) is 9.92 Å². The predicted octanol–water partition coefficient (Wildman–Crippen LogP) is 6.32. The molecule has 1 aromatic heterocycles. The summed E-state index contributed by atoms with van der Waals surface area (Å²) in [6.45, 7) is 10.1. The maximum atomic E-state index is 12.9. The lowest BCUT2D eigenvalue weighted by Gasteiger charge is -2.30. The number of piperidine rings is 1. The van der Waals surface area contributed by atoms with E-state index < -0.39 is 15.1 Å². The first-order valence-corrected chi connectivity index (χ1v) is 14.9. The molecule has 3 aromatic rings. The van der Waals surface area contributed by atoms with Gasteiger partial charge in [-0.15, -0.1) is 0 Å². The van der Waals surface area contributed by atoms with Crippen molar-refractivity contribution in [2.75, 3.05) is 37.4 Å². The van der Waals surface area contributed by atoms with Crippen molar-refractivity contribution in [3.8, 4) is 5.75 Å². The molecule has 1 fully saturated rings. The van der Waals surface area contributed by atoms with Crippen LogP contribution >= 0.6 is 11.6 Å². The number of hydrogen-bond donors (Lipinski definition) is 2. The summed E-state index contributed by atoms with van der Waals surface area (Å²) in [6.07, 6.45) is 3.73. The van der Waals surface area contributed by atoms with Crippen LogP contribution < -0.4 is 15.4 Å². The number of halogens is 1. The topological polar surface area (TPSA) is 96.5 Å². The molecule has 1 aliphatic heterocycles. The number of para-hydroxylation sites is 1. The van der Waals surface area contributed by atoms with E-state index in [0.29, 0.717) is 30.0 Å². The first-order valence-electron chi connectivity index (χ1n) is 13.0. The lowest BCUT2D eigenvalue weighted by atomic mass is 9.86. The van der Waals surface area contributed by atoms with E-state index in [0.717, 1.165) is 37.4 Å². The number of aromatic nitrogens is 2. The highest BCUT2D eigenvalue weighted by atomic mass is 35.5. The van der Waals surface area contributed by atoms with Gasteiger partial charge in [0.15, 0.2) is 15.7 Å². The Bertz CT molecular complexity index is 1390. The third kappa shape index (κ3) is 6.22. The summed E-state index contributed by atoms with van der Waals surface area (Å²) in [6, 6.07) is 10.9. The third-order valence-electron chi connectivity index (χ3n) is 6.88. The molecule has 0 atom stereocenters. The molecular formula is C28H36ClN5O3S. The van der Waals surface area contributed by atoms with Gasteiger partial charge < -0.3 is 20.3 Å². The number of nitrogens with one attached hydrogen (secondary N) is 2. The highest BCUT2D eigenvalue weighted by Crippen LogP contribution is 2.38. The summed E-state index contributed by atoms with van der Waals surface area (Å²) in [5, 5.41) is 6.08. The van der Waals surface area contributed by atoms with E-state index in [1.165, 1.54) is 17.3 Å². The zero-order valence-corrected chi connectivity index (χ0v) is 24.2. The fraction of sp³-hybridized carbons (Fsp3) is 0.429. The number of anilines is 4. The largest absolute Gasteiger partial charge is 0.492 e. The van der Waals surface area contributed by atoms with Crippen LogP contribution in [0.2, 0.25) is 5.02 Å². The fourth-order valence-electron chi connectivity index (χ4n) is 4.67. The quantitative estimate of drug-likeness (QED) is 0.316. The normalized spacial score (nSPS) is 15.0. The molecule has 0 aliphatic carbocycles. The highest BCUT2D eigenvalue weighted by molar-refractivity contribution is 7.92. The maximum absolute atomic E-state index is 12.9. The molecule has 1 saturated heterocycles. The average Bonchev–Trinajstić information content (AvgIpc) is 2.88. The number of ether oxygens (including phenoxy) is 1. The van der Waals surface area contributed by atoms with Crippen molar-refractivity contribution in [1.82, 2.24) is 14.9 Å².